The van der Waals surface area contributed by atoms with Crippen LogP contribution in [0.2, 0.25) is 0 Å². The molecule has 5 rings (SSSR count). The molecule has 1 amide bonds. The van der Waals surface area contributed by atoms with E-state index in [0.29, 0.717) is 53.1 Å². The van der Waals surface area contributed by atoms with Crippen molar-refractivity contribution in [3.8, 4) is 17.2 Å². The number of carbonyl (C=O) groups excluding carboxylic acids is 1. The zero-order valence-corrected chi connectivity index (χ0v) is 20.3. The van der Waals surface area contributed by atoms with Crippen molar-refractivity contribution >= 4 is 26.8 Å². The van der Waals surface area contributed by atoms with E-state index in [-0.39, 0.29) is 23.5 Å². The van der Waals surface area contributed by atoms with Gasteiger partial charge in [-0.3, -0.25) is 4.79 Å². The molecule has 4 heterocycles. The second kappa shape index (κ2) is 9.18. The largest absolute Gasteiger partial charge is 0.497 e. The lowest BCUT2D eigenvalue weighted by Crippen LogP contribution is -2.26. The third-order valence-electron chi connectivity index (χ3n) is 6.27. The molecular weight excluding hydrogens is 468 g/mol. The van der Waals surface area contributed by atoms with Crippen LogP contribution < -0.4 is 10.1 Å². The van der Waals surface area contributed by atoms with Crippen LogP contribution in [0.1, 0.15) is 34.1 Å². The molecule has 1 N–H and O–H groups in total. The Bertz CT molecular complexity index is 1470. The number of hydrogen-bond acceptors (Lipinski definition) is 7. The number of ether oxygens (including phenoxy) is 1. The molecule has 0 spiro atoms. The molecule has 1 unspecified atom stereocenters. The van der Waals surface area contributed by atoms with Gasteiger partial charge in [0.1, 0.15) is 11.4 Å². The molecule has 1 fully saturated rings. The number of sulfone groups is 1. The number of fused-ring (bicyclic) bond motifs is 1. The number of carbonyl (C=O) groups is 1. The zero-order chi connectivity index (χ0) is 24.6. The van der Waals surface area contributed by atoms with Gasteiger partial charge in [0, 0.05) is 6.54 Å². The summed E-state index contributed by atoms with van der Waals surface area (Å²) in [5.74, 6) is 1.18. The van der Waals surface area contributed by atoms with Gasteiger partial charge in [0.25, 0.3) is 5.91 Å². The molecule has 0 saturated carbocycles. The summed E-state index contributed by atoms with van der Waals surface area (Å²) >= 11 is 0. The van der Waals surface area contributed by atoms with Gasteiger partial charge in [-0.05, 0) is 55.7 Å². The fraction of sp³-hybridized carbons (Fsp3) is 0.320. The Morgan fingerprint density at radius 3 is 2.71 bits per heavy atom. The average Bonchev–Trinajstić information content (AvgIpc) is 3.58. The van der Waals surface area contributed by atoms with Crippen molar-refractivity contribution in [3.05, 3.63) is 65.5 Å². The number of aromatic nitrogens is 3. The highest BCUT2D eigenvalue weighted by Crippen LogP contribution is 2.32. The van der Waals surface area contributed by atoms with Crippen molar-refractivity contribution in [1.29, 1.82) is 0 Å². The van der Waals surface area contributed by atoms with E-state index in [1.165, 1.54) is 0 Å². The third kappa shape index (κ3) is 4.66. The van der Waals surface area contributed by atoms with Crippen molar-refractivity contribution in [2.45, 2.75) is 25.8 Å². The Morgan fingerprint density at radius 2 is 2.06 bits per heavy atom. The van der Waals surface area contributed by atoms with Crippen molar-refractivity contribution in [1.82, 2.24) is 20.1 Å². The molecule has 1 atom stereocenters. The third-order valence-corrected chi connectivity index (χ3v) is 8.02. The van der Waals surface area contributed by atoms with Crippen LogP contribution in [0.4, 0.5) is 0 Å². The highest BCUT2D eigenvalue weighted by atomic mass is 32.2. The maximum absolute atomic E-state index is 13.3. The van der Waals surface area contributed by atoms with Gasteiger partial charge in [-0.25, -0.2) is 18.1 Å². The topological polar surface area (TPSA) is 116 Å². The van der Waals surface area contributed by atoms with Crippen LogP contribution in [0.5, 0.6) is 5.75 Å². The maximum atomic E-state index is 13.3. The van der Waals surface area contributed by atoms with E-state index in [1.54, 1.807) is 36.3 Å². The average molecular weight is 495 g/mol. The first-order valence-electron chi connectivity index (χ1n) is 11.4. The van der Waals surface area contributed by atoms with E-state index in [4.69, 9.17) is 14.1 Å². The highest BCUT2D eigenvalue weighted by Gasteiger charge is 2.32. The molecule has 0 aliphatic carbocycles. The number of furan rings is 1. The molecule has 1 aliphatic rings. The van der Waals surface area contributed by atoms with Crippen LogP contribution in [0.3, 0.4) is 0 Å². The second-order valence-electron chi connectivity index (χ2n) is 8.67. The van der Waals surface area contributed by atoms with E-state index in [9.17, 15) is 13.2 Å². The van der Waals surface area contributed by atoms with Gasteiger partial charge in [-0.15, -0.1) is 0 Å². The maximum Gasteiger partial charge on any atom is 0.252 e. The van der Waals surface area contributed by atoms with Gasteiger partial charge in [0.2, 0.25) is 0 Å². The number of methoxy groups -OCH3 is 1. The summed E-state index contributed by atoms with van der Waals surface area (Å²) in [6, 6.07) is 12.6. The number of benzene rings is 1. The molecule has 182 valence electrons. The summed E-state index contributed by atoms with van der Waals surface area (Å²) in [6.07, 6.45) is 2.67. The fourth-order valence-electron chi connectivity index (χ4n) is 4.47. The minimum Gasteiger partial charge on any atom is -0.497 e. The Balaban J connectivity index is 1.48. The zero-order valence-electron chi connectivity index (χ0n) is 19.5. The number of aryl methyl sites for hydroxylation is 1. The number of nitrogens with zero attached hydrogens (tertiary/aromatic N) is 3. The normalized spacial score (nSPS) is 17.0. The fourth-order valence-corrected chi connectivity index (χ4v) is 6.17. The number of rotatable bonds is 7. The van der Waals surface area contributed by atoms with Crippen LogP contribution in [0.25, 0.3) is 22.5 Å². The Labute approximate surface area is 203 Å². The number of hydrogen-bond donors (Lipinski definition) is 1. The first kappa shape index (κ1) is 23.1. The van der Waals surface area contributed by atoms with Gasteiger partial charge in [-0.1, -0.05) is 12.1 Å². The quantitative estimate of drug-likeness (QED) is 0.419. The van der Waals surface area contributed by atoms with E-state index < -0.39 is 9.84 Å². The summed E-state index contributed by atoms with van der Waals surface area (Å²) in [5, 5.41) is 8.23. The van der Waals surface area contributed by atoms with Gasteiger partial charge < -0.3 is 14.5 Å². The first-order chi connectivity index (χ1) is 16.8. The van der Waals surface area contributed by atoms with Gasteiger partial charge >= 0.3 is 0 Å². The standard InChI is InChI=1S/C25H26N4O5S/c1-16-23-20(25(30)26-11-9-17-5-7-19(33-2)8-6-17)14-21(22-4-3-12-34-22)27-24(23)29(28-16)18-10-13-35(31,32)15-18/h3-8,12,14,18H,9-11,13,15H2,1-2H3,(H,26,30). The Kier molecular flexibility index (Phi) is 6.06. The first-order valence-corrected chi connectivity index (χ1v) is 13.2. The molecule has 1 aliphatic heterocycles. The molecule has 3 aromatic heterocycles. The van der Waals surface area contributed by atoms with Crippen molar-refractivity contribution in [3.63, 3.8) is 0 Å². The van der Waals surface area contributed by atoms with Crippen molar-refractivity contribution in [2.24, 2.45) is 0 Å². The summed E-state index contributed by atoms with van der Waals surface area (Å²) in [4.78, 5) is 18.1. The Morgan fingerprint density at radius 1 is 1.26 bits per heavy atom. The molecule has 9 nitrogen and oxygen atoms in total. The van der Waals surface area contributed by atoms with E-state index >= 15 is 0 Å². The minimum atomic E-state index is -3.12. The van der Waals surface area contributed by atoms with Crippen molar-refractivity contribution in [2.75, 3.05) is 25.2 Å². The van der Waals surface area contributed by atoms with E-state index in [2.05, 4.69) is 10.4 Å². The number of nitrogens with one attached hydrogen (secondary N) is 1. The number of pyridine rings is 1. The van der Waals surface area contributed by atoms with Gasteiger partial charge in [0.15, 0.2) is 21.2 Å². The lowest BCUT2D eigenvalue weighted by Gasteiger charge is -2.12. The molecule has 1 saturated heterocycles. The molecule has 1 aromatic carbocycles. The predicted molar refractivity (Wildman–Crippen MR) is 131 cm³/mol. The van der Waals surface area contributed by atoms with Crippen LogP contribution in [-0.2, 0) is 16.3 Å². The van der Waals surface area contributed by atoms with Crippen LogP contribution >= 0.6 is 0 Å². The molecular formula is C25H26N4O5S. The van der Waals surface area contributed by atoms with Gasteiger partial charge in [-0.2, -0.15) is 5.10 Å². The minimum absolute atomic E-state index is 0.0132. The molecule has 35 heavy (non-hydrogen) atoms. The highest BCUT2D eigenvalue weighted by molar-refractivity contribution is 7.91. The molecule has 0 radical (unpaired) electrons. The van der Waals surface area contributed by atoms with Crippen LogP contribution in [-0.4, -0.2) is 54.2 Å². The summed E-state index contributed by atoms with van der Waals surface area (Å²) in [6.45, 7) is 2.25. The van der Waals surface area contributed by atoms with E-state index in [0.717, 1.165) is 11.3 Å². The van der Waals surface area contributed by atoms with E-state index in [1.807, 2.05) is 31.2 Å². The van der Waals surface area contributed by atoms with Crippen LogP contribution in [0.15, 0.2) is 53.1 Å². The summed E-state index contributed by atoms with van der Waals surface area (Å²) in [5.41, 5.74) is 3.11. The van der Waals surface area contributed by atoms with Gasteiger partial charge in [0.05, 0.1) is 47.6 Å². The number of amides is 1. The summed E-state index contributed by atoms with van der Waals surface area (Å²) in [7, 11) is -1.50. The lowest BCUT2D eigenvalue weighted by molar-refractivity contribution is 0.0955. The molecule has 4 aromatic rings. The van der Waals surface area contributed by atoms with Crippen molar-refractivity contribution < 1.29 is 22.4 Å². The second-order valence-corrected chi connectivity index (χ2v) is 10.9. The monoisotopic (exact) mass is 494 g/mol. The smallest absolute Gasteiger partial charge is 0.252 e. The lowest BCUT2D eigenvalue weighted by atomic mass is 10.1. The Hall–Kier alpha value is -3.66. The SMILES string of the molecule is COc1ccc(CCNC(=O)c2cc(-c3ccco3)nc3c2c(C)nn3C2CCS(=O)(=O)C2)cc1. The molecule has 10 heteroatoms. The summed E-state index contributed by atoms with van der Waals surface area (Å²) < 4.78 is 36.6. The molecule has 0 bridgehead atoms. The predicted octanol–water partition coefficient (Wildman–Crippen LogP) is 3.34. The van der Waals surface area contributed by atoms with Crippen LogP contribution in [0, 0.1) is 6.92 Å².